The van der Waals surface area contributed by atoms with Crippen LogP contribution in [0, 0.1) is 0 Å². The van der Waals surface area contributed by atoms with E-state index in [1.54, 1.807) is 12.1 Å². The van der Waals surface area contributed by atoms with E-state index in [-0.39, 0.29) is 4.90 Å². The Morgan fingerprint density at radius 1 is 0.960 bits per heavy atom. The molecule has 0 atom stereocenters. The number of sulfonamides is 1. The summed E-state index contributed by atoms with van der Waals surface area (Å²) in [6.45, 7) is 1.01. The molecule has 4 nitrogen and oxygen atoms in total. The van der Waals surface area contributed by atoms with Gasteiger partial charge in [0.1, 0.15) is 0 Å². The number of fused-ring (bicyclic) bond motifs is 1. The maximum atomic E-state index is 11.5. The number of hydrogen-bond acceptors (Lipinski definition) is 2. The second-order valence-corrected chi connectivity index (χ2v) is 8.24. The van der Waals surface area contributed by atoms with Crippen LogP contribution in [0.4, 0.5) is 0 Å². The summed E-state index contributed by atoms with van der Waals surface area (Å²) < 4.78 is 25.2. The fourth-order valence-electron chi connectivity index (χ4n) is 3.46. The summed E-state index contributed by atoms with van der Waals surface area (Å²) in [7, 11) is -3.69. The second kappa shape index (κ2) is 6.02. The molecule has 2 aromatic carbocycles. The Bertz CT molecular complexity index is 1040. The molecule has 2 heterocycles. The third kappa shape index (κ3) is 2.99. The molecule has 0 fully saturated rings. The van der Waals surface area contributed by atoms with Gasteiger partial charge in [0.25, 0.3) is 0 Å². The van der Waals surface area contributed by atoms with Gasteiger partial charge in [-0.25, -0.2) is 13.6 Å². The molecule has 0 saturated heterocycles. The number of halogens is 1. The quantitative estimate of drug-likeness (QED) is 0.753. The zero-order chi connectivity index (χ0) is 17.6. The fourth-order valence-corrected chi connectivity index (χ4v) is 4.11. The van der Waals surface area contributed by atoms with E-state index >= 15 is 0 Å². The Hall–Kier alpha value is -2.08. The smallest absolute Gasteiger partial charge is 0.238 e. The Morgan fingerprint density at radius 2 is 1.60 bits per heavy atom. The van der Waals surface area contributed by atoms with Crippen LogP contribution in [-0.4, -0.2) is 13.0 Å². The predicted octanol–water partition coefficient (Wildman–Crippen LogP) is 4.07. The molecule has 0 aliphatic carbocycles. The number of aryl methyl sites for hydroxylation is 1. The van der Waals surface area contributed by atoms with E-state index in [2.05, 4.69) is 10.8 Å². The third-order valence-corrected chi connectivity index (χ3v) is 5.81. The number of benzene rings is 2. The van der Waals surface area contributed by atoms with Crippen molar-refractivity contribution in [2.24, 2.45) is 5.14 Å². The lowest BCUT2D eigenvalue weighted by Gasteiger charge is -2.08. The monoisotopic (exact) mass is 372 g/mol. The van der Waals surface area contributed by atoms with E-state index in [4.69, 9.17) is 16.7 Å². The van der Waals surface area contributed by atoms with Gasteiger partial charge in [0, 0.05) is 34.6 Å². The predicted molar refractivity (Wildman–Crippen MR) is 100 cm³/mol. The fraction of sp³-hybridized carbons (Fsp3) is 0.158. The SMILES string of the molecule is NS(=O)(=O)c1ccc(-c2cn3c(c2-c2ccc(Cl)cc2)CCC3)cc1. The van der Waals surface area contributed by atoms with E-state index in [0.717, 1.165) is 36.1 Å². The van der Waals surface area contributed by atoms with Gasteiger partial charge in [-0.2, -0.15) is 0 Å². The number of rotatable bonds is 3. The van der Waals surface area contributed by atoms with Crippen LogP contribution in [0.5, 0.6) is 0 Å². The molecule has 0 bridgehead atoms. The standard InChI is InChI=1S/C19H17ClN2O2S/c20-15-7-3-14(4-8-15)19-17(12-22-11-1-2-18(19)22)13-5-9-16(10-6-13)25(21,23)24/h3-10,12H,1-2,11H2,(H2,21,23,24). The normalized spacial score (nSPS) is 13.8. The minimum Gasteiger partial charge on any atom is -0.350 e. The summed E-state index contributed by atoms with van der Waals surface area (Å²) in [5.74, 6) is 0. The van der Waals surface area contributed by atoms with Crippen molar-refractivity contribution in [1.82, 2.24) is 4.57 Å². The number of nitrogens with zero attached hydrogens (tertiary/aromatic N) is 1. The van der Waals surface area contributed by atoms with Crippen LogP contribution in [0.15, 0.2) is 59.6 Å². The topological polar surface area (TPSA) is 65.1 Å². The van der Waals surface area contributed by atoms with Gasteiger partial charge in [0.05, 0.1) is 4.90 Å². The van der Waals surface area contributed by atoms with Crippen molar-refractivity contribution >= 4 is 21.6 Å². The number of primary sulfonamides is 1. The van der Waals surface area contributed by atoms with E-state index < -0.39 is 10.0 Å². The van der Waals surface area contributed by atoms with Crippen molar-refractivity contribution in [2.75, 3.05) is 0 Å². The molecule has 128 valence electrons. The summed E-state index contributed by atoms with van der Waals surface area (Å²) in [5.41, 5.74) is 5.69. The lowest BCUT2D eigenvalue weighted by atomic mass is 9.96. The summed E-state index contributed by atoms with van der Waals surface area (Å²) in [6, 6.07) is 14.6. The van der Waals surface area contributed by atoms with Gasteiger partial charge in [-0.15, -0.1) is 0 Å². The molecule has 0 radical (unpaired) electrons. The zero-order valence-corrected chi connectivity index (χ0v) is 15.0. The molecule has 0 saturated carbocycles. The molecular weight excluding hydrogens is 356 g/mol. The van der Waals surface area contributed by atoms with Gasteiger partial charge >= 0.3 is 0 Å². The van der Waals surface area contributed by atoms with Crippen molar-refractivity contribution in [1.29, 1.82) is 0 Å². The molecule has 2 N–H and O–H groups in total. The molecular formula is C19H17ClN2O2S. The number of nitrogens with two attached hydrogens (primary N) is 1. The Labute approximate surface area is 151 Å². The Balaban J connectivity index is 1.87. The highest BCUT2D eigenvalue weighted by molar-refractivity contribution is 7.89. The minimum absolute atomic E-state index is 0.121. The molecule has 4 rings (SSSR count). The molecule has 25 heavy (non-hydrogen) atoms. The molecule has 1 aromatic heterocycles. The lowest BCUT2D eigenvalue weighted by Crippen LogP contribution is -2.11. The molecule has 3 aromatic rings. The zero-order valence-electron chi connectivity index (χ0n) is 13.4. The Morgan fingerprint density at radius 3 is 2.24 bits per heavy atom. The van der Waals surface area contributed by atoms with Crippen LogP contribution in [0.1, 0.15) is 12.1 Å². The lowest BCUT2D eigenvalue weighted by molar-refractivity contribution is 0.598. The average Bonchev–Trinajstić information content (AvgIpc) is 3.16. The molecule has 0 unspecified atom stereocenters. The van der Waals surface area contributed by atoms with E-state index in [0.29, 0.717) is 5.02 Å². The van der Waals surface area contributed by atoms with E-state index in [1.165, 1.54) is 11.3 Å². The molecule has 1 aliphatic heterocycles. The first kappa shape index (κ1) is 16.4. The maximum Gasteiger partial charge on any atom is 0.238 e. The first-order valence-corrected chi connectivity index (χ1v) is 9.97. The second-order valence-electron chi connectivity index (χ2n) is 6.24. The van der Waals surface area contributed by atoms with Crippen LogP contribution in [0.25, 0.3) is 22.3 Å². The highest BCUT2D eigenvalue weighted by Gasteiger charge is 2.22. The maximum absolute atomic E-state index is 11.5. The number of aromatic nitrogens is 1. The van der Waals surface area contributed by atoms with Gasteiger partial charge in [0.15, 0.2) is 0 Å². The van der Waals surface area contributed by atoms with Crippen molar-refractivity contribution in [3.63, 3.8) is 0 Å². The van der Waals surface area contributed by atoms with E-state index in [1.807, 2.05) is 36.4 Å². The summed E-state index contributed by atoms with van der Waals surface area (Å²) in [4.78, 5) is 0.121. The van der Waals surface area contributed by atoms with Crippen molar-refractivity contribution in [2.45, 2.75) is 24.3 Å². The molecule has 0 spiro atoms. The van der Waals surface area contributed by atoms with Gasteiger partial charge in [0.2, 0.25) is 10.0 Å². The van der Waals surface area contributed by atoms with Gasteiger partial charge in [-0.3, -0.25) is 0 Å². The van der Waals surface area contributed by atoms with Gasteiger partial charge < -0.3 is 4.57 Å². The summed E-state index contributed by atoms with van der Waals surface area (Å²) in [5, 5.41) is 5.90. The van der Waals surface area contributed by atoms with Crippen LogP contribution < -0.4 is 5.14 Å². The molecule has 0 amide bonds. The first-order valence-electron chi connectivity index (χ1n) is 8.05. The van der Waals surface area contributed by atoms with Crippen LogP contribution in [0.3, 0.4) is 0 Å². The first-order chi connectivity index (χ1) is 11.9. The van der Waals surface area contributed by atoms with Gasteiger partial charge in [-0.05, 0) is 48.2 Å². The minimum atomic E-state index is -3.69. The van der Waals surface area contributed by atoms with Crippen LogP contribution >= 0.6 is 11.6 Å². The van der Waals surface area contributed by atoms with Gasteiger partial charge in [-0.1, -0.05) is 35.9 Å². The summed E-state index contributed by atoms with van der Waals surface area (Å²) >= 11 is 6.03. The van der Waals surface area contributed by atoms with Crippen LogP contribution in [-0.2, 0) is 23.0 Å². The molecule has 6 heteroatoms. The molecule has 1 aliphatic rings. The van der Waals surface area contributed by atoms with Crippen molar-refractivity contribution < 1.29 is 8.42 Å². The van der Waals surface area contributed by atoms with Crippen LogP contribution in [0.2, 0.25) is 5.02 Å². The largest absolute Gasteiger partial charge is 0.350 e. The van der Waals surface area contributed by atoms with Crippen molar-refractivity contribution in [3.05, 3.63) is 65.4 Å². The summed E-state index contributed by atoms with van der Waals surface area (Å²) in [6.07, 6.45) is 4.33. The average molecular weight is 373 g/mol. The third-order valence-electron chi connectivity index (χ3n) is 4.63. The highest BCUT2D eigenvalue weighted by atomic mass is 35.5. The highest BCUT2D eigenvalue weighted by Crippen LogP contribution is 2.40. The Kier molecular flexibility index (Phi) is 3.95. The van der Waals surface area contributed by atoms with E-state index in [9.17, 15) is 8.42 Å². The number of hydrogen-bond donors (Lipinski definition) is 1. The van der Waals surface area contributed by atoms with Crippen molar-refractivity contribution in [3.8, 4) is 22.3 Å².